The van der Waals surface area contributed by atoms with Crippen LogP contribution in [0.2, 0.25) is 0 Å². The molecule has 1 atom stereocenters. The van der Waals surface area contributed by atoms with Gasteiger partial charge in [0.1, 0.15) is 11.2 Å². The average Bonchev–Trinajstić information content (AvgIpc) is 2.51. The Hall–Kier alpha value is -1.85. The van der Waals surface area contributed by atoms with Crippen LogP contribution in [0.4, 0.5) is 4.39 Å². The highest BCUT2D eigenvalue weighted by atomic mass is 32.1. The fraction of sp³-hybridized carbons (Fsp3) is 0.250. The Labute approximate surface area is 128 Å². The van der Waals surface area contributed by atoms with Gasteiger partial charge in [-0.25, -0.2) is 4.39 Å². The Balaban J connectivity index is 2.25. The topological polar surface area (TPSA) is 28.2 Å². The minimum absolute atomic E-state index is 0.261. The van der Waals surface area contributed by atoms with E-state index >= 15 is 0 Å². The van der Waals surface area contributed by atoms with E-state index in [9.17, 15) is 4.39 Å². The molecule has 0 radical (unpaired) electrons. The van der Waals surface area contributed by atoms with Crippen LogP contribution in [0.15, 0.2) is 48.7 Å². The minimum atomic E-state index is -0.755. The van der Waals surface area contributed by atoms with E-state index in [0.29, 0.717) is 23.8 Å². The van der Waals surface area contributed by atoms with E-state index in [2.05, 4.69) is 15.2 Å². The first-order chi connectivity index (χ1) is 10.1. The van der Waals surface area contributed by atoms with Crippen molar-refractivity contribution in [2.45, 2.75) is 5.41 Å². The van der Waals surface area contributed by atoms with Crippen molar-refractivity contribution in [3.63, 3.8) is 0 Å². The van der Waals surface area contributed by atoms with E-state index in [-0.39, 0.29) is 5.82 Å². The summed E-state index contributed by atoms with van der Waals surface area (Å²) in [5.41, 5.74) is 0.571. The van der Waals surface area contributed by atoms with Gasteiger partial charge in [0.15, 0.2) is 0 Å². The summed E-state index contributed by atoms with van der Waals surface area (Å²) in [6, 6.07) is 12.4. The van der Waals surface area contributed by atoms with E-state index in [0.717, 1.165) is 5.69 Å². The maximum Gasteiger partial charge on any atom is 0.127 e. The van der Waals surface area contributed by atoms with Gasteiger partial charge in [-0.2, -0.15) is 0 Å². The fourth-order valence-corrected chi connectivity index (χ4v) is 3.20. The summed E-state index contributed by atoms with van der Waals surface area (Å²) >= 11 is 5.57. The average molecular weight is 301 g/mol. The van der Waals surface area contributed by atoms with Crippen molar-refractivity contribution >= 4 is 17.2 Å². The lowest BCUT2D eigenvalue weighted by Gasteiger charge is -2.42. The molecule has 0 aliphatic carbocycles. The Morgan fingerprint density at radius 3 is 2.71 bits per heavy atom. The Morgan fingerprint density at radius 1 is 1.24 bits per heavy atom. The molecule has 2 heterocycles. The number of thiocarbonyl (C=S) groups is 1. The molecule has 0 amide bonds. The van der Waals surface area contributed by atoms with Crippen molar-refractivity contribution in [2.75, 3.05) is 20.3 Å². The molecule has 3 rings (SSSR count). The second-order valence-corrected chi connectivity index (χ2v) is 5.69. The van der Waals surface area contributed by atoms with Gasteiger partial charge in [0.2, 0.25) is 0 Å². The summed E-state index contributed by atoms with van der Waals surface area (Å²) in [7, 11) is 1.98. The number of hydrogen-bond acceptors (Lipinski definition) is 3. The second kappa shape index (κ2) is 5.50. The van der Waals surface area contributed by atoms with Gasteiger partial charge in [-0.1, -0.05) is 36.5 Å². The third-order valence-corrected chi connectivity index (χ3v) is 4.33. The minimum Gasteiger partial charge on any atom is -0.366 e. The third-order valence-electron chi connectivity index (χ3n) is 3.84. The van der Waals surface area contributed by atoms with Crippen LogP contribution in [-0.4, -0.2) is 35.1 Å². The monoisotopic (exact) mass is 301 g/mol. The van der Waals surface area contributed by atoms with Crippen LogP contribution in [0, 0.1) is 5.82 Å². The van der Waals surface area contributed by atoms with Gasteiger partial charge >= 0.3 is 0 Å². The largest absolute Gasteiger partial charge is 0.366 e. The molecule has 1 unspecified atom stereocenters. The molecule has 0 bridgehead atoms. The standard InChI is InChI=1S/C16H16FN3S/c1-20-10-16(15(21)19-11-20,14-8-4-5-9-18-14)12-6-2-3-7-13(12)17/h2-9H,10-11H2,1H3,(H,19,21). The Kier molecular flexibility index (Phi) is 3.69. The summed E-state index contributed by atoms with van der Waals surface area (Å²) in [5.74, 6) is -0.261. The van der Waals surface area contributed by atoms with E-state index in [1.54, 1.807) is 18.3 Å². The summed E-state index contributed by atoms with van der Waals surface area (Å²) in [6.45, 7) is 1.25. The van der Waals surface area contributed by atoms with Crippen LogP contribution < -0.4 is 5.32 Å². The van der Waals surface area contributed by atoms with E-state index in [1.165, 1.54) is 6.07 Å². The van der Waals surface area contributed by atoms with Crippen LogP contribution in [0.3, 0.4) is 0 Å². The first kappa shape index (κ1) is 14.1. The molecule has 0 saturated carbocycles. The molecule has 3 nitrogen and oxygen atoms in total. The number of pyridine rings is 1. The van der Waals surface area contributed by atoms with Gasteiger partial charge in [-0.05, 0) is 25.2 Å². The number of hydrogen-bond donors (Lipinski definition) is 1. The molecule has 2 aromatic rings. The zero-order valence-corrected chi connectivity index (χ0v) is 12.5. The van der Waals surface area contributed by atoms with Gasteiger partial charge in [0.25, 0.3) is 0 Å². The molecule has 0 spiro atoms. The number of nitrogens with zero attached hydrogens (tertiary/aromatic N) is 2. The van der Waals surface area contributed by atoms with Crippen LogP contribution in [0.5, 0.6) is 0 Å². The van der Waals surface area contributed by atoms with Crippen molar-refractivity contribution in [3.05, 3.63) is 65.7 Å². The molecule has 1 N–H and O–H groups in total. The first-order valence-corrected chi connectivity index (χ1v) is 7.19. The highest BCUT2D eigenvalue weighted by Gasteiger charge is 2.45. The zero-order chi connectivity index (χ0) is 14.9. The van der Waals surface area contributed by atoms with Crippen LogP contribution in [0.1, 0.15) is 11.3 Å². The molecule has 5 heteroatoms. The number of nitrogens with one attached hydrogen (secondary N) is 1. The van der Waals surface area contributed by atoms with Crippen molar-refractivity contribution < 1.29 is 4.39 Å². The second-order valence-electron chi connectivity index (χ2n) is 5.28. The molecular formula is C16H16FN3S. The Morgan fingerprint density at radius 2 is 2.00 bits per heavy atom. The number of aromatic nitrogens is 1. The Bertz CT molecular complexity index is 662. The van der Waals surface area contributed by atoms with Crippen molar-refractivity contribution in [2.24, 2.45) is 0 Å². The van der Waals surface area contributed by atoms with Gasteiger partial charge in [-0.15, -0.1) is 0 Å². The smallest absolute Gasteiger partial charge is 0.127 e. The molecule has 1 aromatic heterocycles. The summed E-state index contributed by atoms with van der Waals surface area (Å²) < 4.78 is 14.5. The summed E-state index contributed by atoms with van der Waals surface area (Å²) in [4.78, 5) is 7.15. The highest BCUT2D eigenvalue weighted by Crippen LogP contribution is 2.36. The SMILES string of the molecule is CN1CNC(=S)C(c2ccccn2)(c2ccccc2F)C1. The number of halogens is 1. The van der Waals surface area contributed by atoms with E-state index < -0.39 is 5.41 Å². The summed E-state index contributed by atoms with van der Waals surface area (Å²) in [6.07, 6.45) is 1.72. The molecule has 1 aromatic carbocycles. The molecule has 21 heavy (non-hydrogen) atoms. The normalized spacial score (nSPS) is 22.9. The van der Waals surface area contributed by atoms with Gasteiger partial charge < -0.3 is 5.32 Å². The molecule has 1 fully saturated rings. The number of rotatable bonds is 2. The quantitative estimate of drug-likeness (QED) is 0.862. The van der Waals surface area contributed by atoms with Gasteiger partial charge in [-0.3, -0.25) is 9.88 Å². The number of benzene rings is 1. The lowest BCUT2D eigenvalue weighted by molar-refractivity contribution is 0.265. The maximum atomic E-state index is 14.5. The molecular weight excluding hydrogens is 285 g/mol. The highest BCUT2D eigenvalue weighted by molar-refractivity contribution is 7.80. The summed E-state index contributed by atoms with van der Waals surface area (Å²) in [5, 5.41) is 3.20. The predicted octanol–water partition coefficient (Wildman–Crippen LogP) is 2.33. The number of likely N-dealkylation sites (N-methyl/N-ethyl adjacent to an activating group) is 1. The van der Waals surface area contributed by atoms with Crippen LogP contribution >= 0.6 is 12.2 Å². The molecule has 1 aliphatic rings. The molecule has 1 aliphatic heterocycles. The lowest BCUT2D eigenvalue weighted by atomic mass is 9.75. The van der Waals surface area contributed by atoms with Gasteiger partial charge in [0.05, 0.1) is 17.4 Å². The molecule has 1 saturated heterocycles. The van der Waals surface area contributed by atoms with Crippen molar-refractivity contribution in [1.82, 2.24) is 15.2 Å². The van der Waals surface area contributed by atoms with Crippen LogP contribution in [-0.2, 0) is 5.41 Å². The fourth-order valence-electron chi connectivity index (χ4n) is 2.86. The van der Waals surface area contributed by atoms with E-state index in [4.69, 9.17) is 12.2 Å². The van der Waals surface area contributed by atoms with Crippen molar-refractivity contribution in [3.8, 4) is 0 Å². The predicted molar refractivity (Wildman–Crippen MR) is 84.6 cm³/mol. The van der Waals surface area contributed by atoms with E-state index in [1.807, 2.05) is 31.3 Å². The zero-order valence-electron chi connectivity index (χ0n) is 11.7. The van der Waals surface area contributed by atoms with Crippen LogP contribution in [0.25, 0.3) is 0 Å². The maximum absolute atomic E-state index is 14.5. The third kappa shape index (κ3) is 2.32. The lowest BCUT2D eigenvalue weighted by Crippen LogP contribution is -2.59. The van der Waals surface area contributed by atoms with Gasteiger partial charge in [0, 0.05) is 18.3 Å². The molecule has 108 valence electrons. The van der Waals surface area contributed by atoms with Crippen molar-refractivity contribution in [1.29, 1.82) is 0 Å². The first-order valence-electron chi connectivity index (χ1n) is 6.78.